The van der Waals surface area contributed by atoms with Crippen molar-refractivity contribution in [1.82, 2.24) is 0 Å². The number of rotatable bonds is 10. The number of anilines is 6. The molecule has 0 amide bonds. The van der Waals surface area contributed by atoms with Crippen LogP contribution in [-0.2, 0) is 5.41 Å². The smallest absolute Gasteiger partial charge is 0.0784 e. The highest BCUT2D eigenvalue weighted by Gasteiger charge is 2.31. The van der Waals surface area contributed by atoms with Crippen molar-refractivity contribution in [2.24, 2.45) is 0 Å². The summed E-state index contributed by atoms with van der Waals surface area (Å²) in [6.45, 7) is 30.9. The Bertz CT molecular complexity index is 3360. The molecular weight excluding hydrogens is 877 g/mol. The van der Waals surface area contributed by atoms with Crippen LogP contribution in [0.5, 0.6) is 0 Å². The highest BCUT2D eigenvalue weighted by molar-refractivity contribution is 6.90. The van der Waals surface area contributed by atoms with E-state index in [1.165, 1.54) is 104 Å². The normalized spacial score (nSPS) is 12.4. The quantitative estimate of drug-likeness (QED) is 0.0996. The summed E-state index contributed by atoms with van der Waals surface area (Å²) in [5, 5.41) is 10.6. The van der Waals surface area contributed by atoms with Crippen LogP contribution < -0.4 is 20.2 Å². The Hall–Kier alpha value is -6.73. The molecule has 0 saturated carbocycles. The van der Waals surface area contributed by atoms with E-state index in [9.17, 15) is 0 Å². The van der Waals surface area contributed by atoms with Crippen molar-refractivity contribution in [1.29, 1.82) is 0 Å². The number of hydrogen-bond donors (Lipinski definition) is 0. The number of hydrogen-bond acceptors (Lipinski definition) is 2. The molecule has 70 heavy (non-hydrogen) atoms. The zero-order valence-electron chi connectivity index (χ0n) is 43.6. The van der Waals surface area contributed by atoms with E-state index in [0.29, 0.717) is 0 Å². The summed E-state index contributed by atoms with van der Waals surface area (Å²) in [5.74, 6) is 0. The molecule has 0 saturated heterocycles. The van der Waals surface area contributed by atoms with Crippen molar-refractivity contribution < 1.29 is 0 Å². The van der Waals surface area contributed by atoms with Crippen molar-refractivity contribution in [3.8, 4) is 22.3 Å². The van der Waals surface area contributed by atoms with Gasteiger partial charge in [0.1, 0.15) is 0 Å². The minimum atomic E-state index is -1.80. The summed E-state index contributed by atoms with van der Waals surface area (Å²) in [5.41, 5.74) is 18.4. The first-order chi connectivity index (χ1) is 33.3. The lowest BCUT2D eigenvalue weighted by molar-refractivity contribution is 0.591. The van der Waals surface area contributed by atoms with Gasteiger partial charge < -0.3 is 9.80 Å². The topological polar surface area (TPSA) is 6.48 Å². The molecule has 0 bridgehead atoms. The van der Waals surface area contributed by atoms with E-state index in [-0.39, 0.29) is 5.41 Å². The van der Waals surface area contributed by atoms with Crippen LogP contribution >= 0.6 is 0 Å². The van der Waals surface area contributed by atoms with Crippen molar-refractivity contribution in [3.63, 3.8) is 0 Å². The fourth-order valence-electron chi connectivity index (χ4n) is 10.9. The molecule has 4 heteroatoms. The van der Waals surface area contributed by atoms with Crippen LogP contribution in [0, 0.1) is 27.7 Å². The first kappa shape index (κ1) is 47.0. The van der Waals surface area contributed by atoms with Crippen LogP contribution in [0.25, 0.3) is 54.6 Å². The average Bonchev–Trinajstić information content (AvgIpc) is 3.32. The van der Waals surface area contributed by atoms with E-state index in [1.807, 2.05) is 0 Å². The molecule has 2 nitrogen and oxygen atoms in total. The molecule has 0 N–H and O–H groups in total. The van der Waals surface area contributed by atoms with E-state index < -0.39 is 16.1 Å². The Morgan fingerprint density at radius 1 is 0.371 bits per heavy atom. The Labute approximate surface area is 419 Å². The summed E-state index contributed by atoms with van der Waals surface area (Å²) in [6.07, 6.45) is 0. The van der Waals surface area contributed by atoms with Crippen molar-refractivity contribution in [2.45, 2.75) is 93.2 Å². The highest BCUT2D eigenvalue weighted by Crippen LogP contribution is 2.52. The summed E-state index contributed by atoms with van der Waals surface area (Å²) in [7, 11) is -3.60. The third-order valence-electron chi connectivity index (χ3n) is 14.5. The largest absolute Gasteiger partial charge is 0.309 e. The van der Waals surface area contributed by atoms with Crippen LogP contribution in [0.4, 0.5) is 34.1 Å². The van der Waals surface area contributed by atoms with Crippen molar-refractivity contribution in [3.05, 3.63) is 204 Å². The van der Waals surface area contributed by atoms with Crippen molar-refractivity contribution in [2.75, 3.05) is 9.80 Å². The second-order valence-corrected chi connectivity index (χ2v) is 33.1. The Morgan fingerprint density at radius 2 is 0.786 bits per heavy atom. The molecule has 350 valence electrons. The van der Waals surface area contributed by atoms with Gasteiger partial charge in [-0.25, -0.2) is 0 Å². The molecule has 10 aromatic rings. The third-order valence-corrected chi connectivity index (χ3v) is 18.5. The second-order valence-electron chi connectivity index (χ2n) is 23.0. The predicted octanol–water partition coefficient (Wildman–Crippen LogP) is 18.5. The van der Waals surface area contributed by atoms with Gasteiger partial charge in [-0.1, -0.05) is 204 Å². The molecule has 0 fully saturated rings. The van der Waals surface area contributed by atoms with Crippen molar-refractivity contribution >= 4 is 93.0 Å². The Balaban J connectivity index is 1.38. The number of nitrogens with zero attached hydrogens (tertiary/aromatic N) is 2. The Kier molecular flexibility index (Phi) is 11.8. The molecule has 0 unspecified atom stereocenters. The average molecular weight is 945 g/mol. The van der Waals surface area contributed by atoms with Crippen LogP contribution in [0.15, 0.2) is 176 Å². The van der Waals surface area contributed by atoms with Gasteiger partial charge in [-0.05, 0) is 142 Å². The monoisotopic (exact) mass is 944 g/mol. The molecular formula is C66H68N2Si2. The van der Waals surface area contributed by atoms with Gasteiger partial charge in [-0.2, -0.15) is 0 Å². The SMILES string of the molecule is Cc1cccc(N(c2cc(-c3ccccc3)c([Si](C)(C)C)cc2C)c2cc(N(c3cccc(C)c3)c3cc(-c4ccccc4)c([Si](C)(C)C)cc3C)c3ccc4cc(C(C)(C)C)cc5ccc2c3c54)c1. The van der Waals surface area contributed by atoms with E-state index in [2.05, 4.69) is 273 Å². The van der Waals surface area contributed by atoms with Crippen LogP contribution in [0.1, 0.15) is 48.6 Å². The van der Waals surface area contributed by atoms with E-state index >= 15 is 0 Å². The third kappa shape index (κ3) is 8.56. The maximum atomic E-state index is 2.59. The maximum absolute atomic E-state index is 2.59. The lowest BCUT2D eigenvalue weighted by atomic mass is 9.83. The predicted molar refractivity (Wildman–Crippen MR) is 314 cm³/mol. The summed E-state index contributed by atoms with van der Waals surface area (Å²) >= 11 is 0. The van der Waals surface area contributed by atoms with E-state index in [4.69, 9.17) is 0 Å². The van der Waals surface area contributed by atoms with Gasteiger partial charge in [0.25, 0.3) is 0 Å². The molecule has 0 aliphatic heterocycles. The standard InChI is InChI=1S/C66H68N2Si2/c1-43-22-20-28-52(34-43)67(58-40-56(47-24-16-14-17-25-47)62(36-45(58)3)69(8,9)10)60-42-61(55-33-31-50-39-51(66(5,6)7)38-49-30-32-54(60)65(55)64(49)50)68(53-29-21-23-44(2)35-53)59-41-57(48-26-18-15-19-27-48)63(37-46(59)4)70(11,12)13/h14-42H,1-13H3. The summed E-state index contributed by atoms with van der Waals surface area (Å²) in [4.78, 5) is 5.17. The maximum Gasteiger partial charge on any atom is 0.0784 e. The fourth-order valence-corrected chi connectivity index (χ4v) is 14.2. The van der Waals surface area contributed by atoms with Gasteiger partial charge in [0, 0.05) is 38.9 Å². The van der Waals surface area contributed by atoms with Crippen LogP contribution in [0.3, 0.4) is 0 Å². The lowest BCUT2D eigenvalue weighted by Crippen LogP contribution is -2.39. The van der Waals surface area contributed by atoms with Gasteiger partial charge in [0.2, 0.25) is 0 Å². The van der Waals surface area contributed by atoms with Gasteiger partial charge in [0.05, 0.1) is 27.5 Å². The zero-order valence-corrected chi connectivity index (χ0v) is 45.6. The minimum Gasteiger partial charge on any atom is -0.309 e. The number of benzene rings is 10. The molecule has 10 rings (SSSR count). The second kappa shape index (κ2) is 17.6. The Morgan fingerprint density at radius 3 is 1.16 bits per heavy atom. The van der Waals surface area contributed by atoms with E-state index in [1.54, 1.807) is 0 Å². The first-order valence-corrected chi connectivity index (χ1v) is 32.2. The summed E-state index contributed by atoms with van der Waals surface area (Å²) < 4.78 is 0. The van der Waals surface area contributed by atoms with Gasteiger partial charge in [-0.15, -0.1) is 0 Å². The molecule has 0 radical (unpaired) electrons. The minimum absolute atomic E-state index is 0.00314. The molecule has 0 atom stereocenters. The van der Waals surface area contributed by atoms with Crippen LogP contribution in [-0.4, -0.2) is 16.1 Å². The van der Waals surface area contributed by atoms with Gasteiger partial charge in [-0.3, -0.25) is 0 Å². The molecule has 0 aliphatic carbocycles. The van der Waals surface area contributed by atoms with Gasteiger partial charge >= 0.3 is 0 Å². The molecule has 0 heterocycles. The molecule has 0 spiro atoms. The van der Waals surface area contributed by atoms with E-state index in [0.717, 1.165) is 22.7 Å². The van der Waals surface area contributed by atoms with Gasteiger partial charge in [0.15, 0.2) is 0 Å². The highest BCUT2D eigenvalue weighted by atomic mass is 28.3. The molecule has 0 aliphatic rings. The van der Waals surface area contributed by atoms with Crippen LogP contribution in [0.2, 0.25) is 39.3 Å². The number of aryl methyl sites for hydroxylation is 4. The fraction of sp³-hybridized carbons (Fsp3) is 0.212. The summed E-state index contributed by atoms with van der Waals surface area (Å²) in [6, 6.07) is 67.4. The zero-order chi connectivity index (χ0) is 49.4. The first-order valence-electron chi connectivity index (χ1n) is 25.2. The lowest BCUT2D eigenvalue weighted by Gasteiger charge is -2.35. The molecule has 0 aromatic heterocycles. The molecule has 10 aromatic carbocycles.